The molecule has 0 aromatic carbocycles. The van der Waals surface area contributed by atoms with Gasteiger partial charge in [0.05, 0.1) is 28.2 Å². The van der Waals surface area contributed by atoms with E-state index in [2.05, 4.69) is 25.9 Å². The van der Waals surface area contributed by atoms with Crippen LogP contribution >= 0.6 is 15.9 Å². The minimum atomic E-state index is -2.73. The van der Waals surface area contributed by atoms with Gasteiger partial charge in [-0.3, -0.25) is 9.58 Å². The maximum atomic E-state index is 11.4. The lowest BCUT2D eigenvalue weighted by Crippen LogP contribution is -2.50. The van der Waals surface area contributed by atoms with Crippen LogP contribution in [0.15, 0.2) is 16.9 Å². The average molecular weight is 348 g/mol. The molecule has 106 valence electrons. The summed E-state index contributed by atoms with van der Waals surface area (Å²) in [4.78, 5) is 2.41. The molecule has 0 atom stereocenters. The molecule has 0 N–H and O–H groups in total. The van der Waals surface area contributed by atoms with Crippen LogP contribution in [0, 0.1) is 5.92 Å². The minimum Gasteiger partial charge on any atom is -0.299 e. The van der Waals surface area contributed by atoms with Crippen molar-refractivity contribution >= 4 is 25.8 Å². The average Bonchev–Trinajstić information content (AvgIpc) is 2.71. The van der Waals surface area contributed by atoms with Crippen LogP contribution in [0.5, 0.6) is 0 Å². The van der Waals surface area contributed by atoms with Crippen molar-refractivity contribution < 1.29 is 8.42 Å². The fourth-order valence-electron chi connectivity index (χ4n) is 2.86. The molecule has 5 nitrogen and oxygen atoms in total. The van der Waals surface area contributed by atoms with Gasteiger partial charge in [0.15, 0.2) is 0 Å². The van der Waals surface area contributed by atoms with Crippen LogP contribution in [0.1, 0.15) is 18.9 Å². The zero-order valence-electron chi connectivity index (χ0n) is 10.7. The highest BCUT2D eigenvalue weighted by Crippen LogP contribution is 2.26. The van der Waals surface area contributed by atoms with Crippen molar-refractivity contribution in [3.8, 4) is 0 Å². The Morgan fingerprint density at radius 3 is 2.58 bits per heavy atom. The number of hydrogen-bond acceptors (Lipinski definition) is 4. The first kappa shape index (κ1) is 13.6. The third kappa shape index (κ3) is 3.20. The van der Waals surface area contributed by atoms with E-state index in [1.807, 2.05) is 17.1 Å². The molecule has 0 spiro atoms. The molecule has 0 unspecified atom stereocenters. The molecule has 0 amide bonds. The second-order valence-corrected chi connectivity index (χ2v) is 8.83. The van der Waals surface area contributed by atoms with Crippen LogP contribution in [-0.4, -0.2) is 54.2 Å². The highest BCUT2D eigenvalue weighted by molar-refractivity contribution is 9.10. The quantitative estimate of drug-likeness (QED) is 0.827. The van der Waals surface area contributed by atoms with Crippen molar-refractivity contribution in [3.63, 3.8) is 0 Å². The van der Waals surface area contributed by atoms with Crippen LogP contribution in [0.2, 0.25) is 0 Å². The van der Waals surface area contributed by atoms with Gasteiger partial charge >= 0.3 is 0 Å². The van der Waals surface area contributed by atoms with Crippen LogP contribution in [0.3, 0.4) is 0 Å². The molecule has 0 radical (unpaired) electrons. The Labute approximate surface area is 122 Å². The number of nitrogens with zero attached hydrogens (tertiary/aromatic N) is 3. The smallest absolute Gasteiger partial charge is 0.150 e. The van der Waals surface area contributed by atoms with E-state index in [1.54, 1.807) is 0 Å². The van der Waals surface area contributed by atoms with E-state index >= 15 is 0 Å². The molecule has 3 rings (SSSR count). The summed E-state index contributed by atoms with van der Waals surface area (Å²) in [6.45, 7) is 3.09. The van der Waals surface area contributed by atoms with Crippen LogP contribution in [0.4, 0.5) is 0 Å². The molecule has 2 saturated heterocycles. The van der Waals surface area contributed by atoms with Crippen molar-refractivity contribution in [2.75, 3.05) is 31.1 Å². The van der Waals surface area contributed by atoms with E-state index in [-0.39, 0.29) is 0 Å². The molecular formula is C12H18BrN3O2S. The maximum Gasteiger partial charge on any atom is 0.150 e. The highest BCUT2D eigenvalue weighted by Gasteiger charge is 2.32. The van der Waals surface area contributed by atoms with E-state index < -0.39 is 9.84 Å². The molecule has 3 heterocycles. The molecule has 0 aliphatic carbocycles. The maximum absolute atomic E-state index is 11.4. The Kier molecular flexibility index (Phi) is 3.70. The van der Waals surface area contributed by atoms with Gasteiger partial charge in [-0.1, -0.05) is 0 Å². The van der Waals surface area contributed by atoms with Crippen molar-refractivity contribution in [1.82, 2.24) is 14.7 Å². The van der Waals surface area contributed by atoms with Gasteiger partial charge < -0.3 is 0 Å². The molecule has 2 aliphatic rings. The number of halogens is 1. The van der Waals surface area contributed by atoms with Gasteiger partial charge in [0.25, 0.3) is 0 Å². The number of sulfone groups is 1. The standard InChI is InChI=1S/C12H18BrN3O2S/c13-11-5-14-16(7-11)12-8-15(9-12)6-10-1-3-19(17,18)4-2-10/h5,7,10,12H,1-4,6,8-9H2. The highest BCUT2D eigenvalue weighted by atomic mass is 79.9. The molecule has 19 heavy (non-hydrogen) atoms. The molecular weight excluding hydrogens is 330 g/mol. The van der Waals surface area contributed by atoms with Gasteiger partial charge in [0, 0.05) is 25.8 Å². The monoisotopic (exact) mass is 347 g/mol. The molecule has 1 aromatic heterocycles. The zero-order valence-corrected chi connectivity index (χ0v) is 13.1. The van der Waals surface area contributed by atoms with E-state index in [0.717, 1.165) is 36.9 Å². The van der Waals surface area contributed by atoms with Crippen LogP contribution in [0.25, 0.3) is 0 Å². The predicted octanol–water partition coefficient (Wildman–Crippen LogP) is 1.33. The summed E-state index contributed by atoms with van der Waals surface area (Å²) in [5.74, 6) is 1.30. The third-order valence-corrected chi connectivity index (χ3v) is 6.20. The topological polar surface area (TPSA) is 55.2 Å². The summed E-state index contributed by atoms with van der Waals surface area (Å²) in [7, 11) is -2.73. The summed E-state index contributed by atoms with van der Waals surface area (Å²) in [6, 6.07) is 0.471. The SMILES string of the molecule is O=S1(=O)CCC(CN2CC(n3cc(Br)cn3)C2)CC1. The Hall–Kier alpha value is -0.400. The summed E-state index contributed by atoms with van der Waals surface area (Å²) >= 11 is 3.41. The molecule has 0 bridgehead atoms. The van der Waals surface area contributed by atoms with Gasteiger partial charge in [0.1, 0.15) is 9.84 Å². The van der Waals surface area contributed by atoms with Crippen molar-refractivity contribution in [2.24, 2.45) is 5.92 Å². The van der Waals surface area contributed by atoms with E-state index in [0.29, 0.717) is 23.5 Å². The van der Waals surface area contributed by atoms with Crippen molar-refractivity contribution in [1.29, 1.82) is 0 Å². The predicted molar refractivity (Wildman–Crippen MR) is 76.8 cm³/mol. The lowest BCUT2D eigenvalue weighted by atomic mass is 9.99. The Morgan fingerprint density at radius 1 is 1.32 bits per heavy atom. The van der Waals surface area contributed by atoms with Crippen LogP contribution in [-0.2, 0) is 9.84 Å². The Morgan fingerprint density at radius 2 is 2.00 bits per heavy atom. The van der Waals surface area contributed by atoms with Gasteiger partial charge in [-0.25, -0.2) is 8.42 Å². The summed E-state index contributed by atoms with van der Waals surface area (Å²) in [5, 5.41) is 4.30. The largest absolute Gasteiger partial charge is 0.299 e. The molecule has 0 saturated carbocycles. The second-order valence-electron chi connectivity index (χ2n) is 5.61. The van der Waals surface area contributed by atoms with E-state index in [1.165, 1.54) is 0 Å². The molecule has 2 aliphatic heterocycles. The molecule has 7 heteroatoms. The first-order valence-electron chi connectivity index (χ1n) is 6.64. The lowest BCUT2D eigenvalue weighted by molar-refractivity contribution is 0.0783. The van der Waals surface area contributed by atoms with Gasteiger partial charge in [-0.15, -0.1) is 0 Å². The number of likely N-dealkylation sites (tertiary alicyclic amines) is 1. The summed E-state index contributed by atoms with van der Waals surface area (Å²) in [5.41, 5.74) is 0. The zero-order chi connectivity index (χ0) is 13.5. The van der Waals surface area contributed by atoms with Crippen molar-refractivity contribution in [2.45, 2.75) is 18.9 Å². The van der Waals surface area contributed by atoms with Gasteiger partial charge in [-0.05, 0) is 34.7 Å². The summed E-state index contributed by atoms with van der Waals surface area (Å²) < 4.78 is 25.8. The minimum absolute atomic E-state index is 0.376. The number of aromatic nitrogens is 2. The normalized spacial score (nSPS) is 25.3. The number of hydrogen-bond donors (Lipinski definition) is 0. The molecule has 2 fully saturated rings. The van der Waals surface area contributed by atoms with Gasteiger partial charge in [0.2, 0.25) is 0 Å². The van der Waals surface area contributed by atoms with Crippen molar-refractivity contribution in [3.05, 3.63) is 16.9 Å². The first-order valence-corrected chi connectivity index (χ1v) is 9.26. The third-order valence-electron chi connectivity index (χ3n) is 4.07. The second kappa shape index (κ2) is 5.18. The van der Waals surface area contributed by atoms with Gasteiger partial charge in [-0.2, -0.15) is 5.10 Å². The van der Waals surface area contributed by atoms with E-state index in [9.17, 15) is 8.42 Å². The molecule has 1 aromatic rings. The van der Waals surface area contributed by atoms with E-state index in [4.69, 9.17) is 0 Å². The Bertz CT molecular complexity index is 537. The van der Waals surface area contributed by atoms with Crippen LogP contribution < -0.4 is 0 Å². The fraction of sp³-hybridized carbons (Fsp3) is 0.750. The first-order chi connectivity index (χ1) is 9.02. The fourth-order valence-corrected chi connectivity index (χ4v) is 4.75. The summed E-state index contributed by atoms with van der Waals surface area (Å²) in [6.07, 6.45) is 5.48. The number of rotatable bonds is 3. The Balaban J connectivity index is 1.45. The lowest BCUT2D eigenvalue weighted by Gasteiger charge is -2.41.